The van der Waals surface area contributed by atoms with Crippen molar-refractivity contribution in [1.29, 1.82) is 0 Å². The molecule has 15 heavy (non-hydrogen) atoms. The molecule has 0 amide bonds. The molecule has 0 unspecified atom stereocenters. The Morgan fingerprint density at radius 1 is 1.07 bits per heavy atom. The third kappa shape index (κ3) is 2.31. The minimum atomic E-state index is 0.626. The summed E-state index contributed by atoms with van der Waals surface area (Å²) >= 11 is 12.2. The summed E-state index contributed by atoms with van der Waals surface area (Å²) in [4.78, 5) is 4.30. The Balaban J connectivity index is 2.53. The summed E-state index contributed by atoms with van der Waals surface area (Å²) in [5, 5.41) is 1.25. The van der Waals surface area contributed by atoms with E-state index < -0.39 is 0 Å². The van der Waals surface area contributed by atoms with Crippen molar-refractivity contribution in [2.75, 3.05) is 0 Å². The smallest absolute Gasteiger partial charge is 0.0728 e. The molecule has 0 bridgehead atoms. The van der Waals surface area contributed by atoms with Crippen molar-refractivity contribution < 1.29 is 0 Å². The van der Waals surface area contributed by atoms with Crippen molar-refractivity contribution in [3.05, 3.63) is 58.2 Å². The van der Waals surface area contributed by atoms with Crippen molar-refractivity contribution in [3.8, 4) is 0 Å². The quantitative estimate of drug-likeness (QED) is 0.693. The van der Waals surface area contributed by atoms with E-state index in [9.17, 15) is 0 Å². The van der Waals surface area contributed by atoms with E-state index in [1.165, 1.54) is 0 Å². The second-order valence-electron chi connectivity index (χ2n) is 3.13. The van der Waals surface area contributed by atoms with Crippen LogP contribution >= 0.6 is 23.2 Å². The first-order valence-corrected chi connectivity index (χ1v) is 5.38. The lowest BCUT2D eigenvalue weighted by Gasteiger charge is -2.05. The molecule has 0 atom stereocenters. The highest BCUT2D eigenvalue weighted by Crippen LogP contribution is 2.26. The number of rotatable bonds is 1. The van der Waals surface area contributed by atoms with E-state index >= 15 is 0 Å². The molecule has 1 aliphatic rings. The standard InChI is InChI=1S/C12H9Cl2N/c13-9-5-4-6-10(14)12(9)11-7-2-1-3-8-15-11/h2-8H,1H2. The molecule has 0 aromatic heterocycles. The molecule has 0 radical (unpaired) electrons. The Morgan fingerprint density at radius 2 is 1.80 bits per heavy atom. The van der Waals surface area contributed by atoms with Gasteiger partial charge in [0.25, 0.3) is 0 Å². The van der Waals surface area contributed by atoms with E-state index in [1.807, 2.05) is 36.4 Å². The fourth-order valence-corrected chi connectivity index (χ4v) is 1.98. The predicted octanol–water partition coefficient (Wildman–Crippen LogP) is 4.26. The summed E-state index contributed by atoms with van der Waals surface area (Å²) in [5.41, 5.74) is 1.60. The number of halogens is 2. The third-order valence-corrected chi connectivity index (χ3v) is 2.72. The van der Waals surface area contributed by atoms with Crippen LogP contribution in [-0.2, 0) is 0 Å². The first-order chi connectivity index (χ1) is 7.29. The summed E-state index contributed by atoms with van der Waals surface area (Å²) in [7, 11) is 0. The maximum atomic E-state index is 6.09. The Labute approximate surface area is 98.7 Å². The average Bonchev–Trinajstić information content (AvgIpc) is 2.46. The second-order valence-corrected chi connectivity index (χ2v) is 3.95. The SMILES string of the molecule is Clc1cccc(Cl)c1C1=NC=CCC=C1. The first-order valence-electron chi connectivity index (χ1n) is 4.63. The minimum Gasteiger partial charge on any atom is -0.256 e. The van der Waals surface area contributed by atoms with Crippen molar-refractivity contribution in [1.82, 2.24) is 0 Å². The maximum Gasteiger partial charge on any atom is 0.0728 e. The van der Waals surface area contributed by atoms with Crippen LogP contribution in [0.5, 0.6) is 0 Å². The summed E-state index contributed by atoms with van der Waals surface area (Å²) in [6, 6.07) is 5.45. The number of aliphatic imine (C=N–C) groups is 1. The Kier molecular flexibility index (Phi) is 3.24. The molecule has 0 fully saturated rings. The van der Waals surface area contributed by atoms with E-state index in [-0.39, 0.29) is 0 Å². The molecule has 1 aliphatic heterocycles. The molecule has 0 spiro atoms. The van der Waals surface area contributed by atoms with Crippen LogP contribution in [0.15, 0.2) is 47.6 Å². The second kappa shape index (κ2) is 4.65. The number of hydrogen-bond donors (Lipinski definition) is 0. The largest absolute Gasteiger partial charge is 0.256 e. The summed E-state index contributed by atoms with van der Waals surface area (Å²) in [6.07, 6.45) is 8.60. The normalized spacial score (nSPS) is 14.9. The summed E-state index contributed by atoms with van der Waals surface area (Å²) in [5.74, 6) is 0. The van der Waals surface area contributed by atoms with Crippen molar-refractivity contribution in [2.24, 2.45) is 4.99 Å². The Hall–Kier alpha value is -1.05. The van der Waals surface area contributed by atoms with Gasteiger partial charge < -0.3 is 0 Å². The molecule has 0 aliphatic carbocycles. The van der Waals surface area contributed by atoms with Crippen LogP contribution in [0.2, 0.25) is 10.0 Å². The minimum absolute atomic E-state index is 0.626. The number of hydrogen-bond acceptors (Lipinski definition) is 1. The first kappa shape index (κ1) is 10.5. The van der Waals surface area contributed by atoms with Gasteiger partial charge in [-0.1, -0.05) is 41.4 Å². The van der Waals surface area contributed by atoms with E-state index in [0.29, 0.717) is 10.0 Å². The molecule has 0 N–H and O–H groups in total. The molecule has 3 heteroatoms. The fraction of sp³-hybridized carbons (Fsp3) is 0.0833. The van der Waals surface area contributed by atoms with Crippen molar-refractivity contribution in [2.45, 2.75) is 6.42 Å². The Bertz CT molecular complexity index is 438. The molecule has 76 valence electrons. The zero-order valence-corrected chi connectivity index (χ0v) is 9.46. The van der Waals surface area contributed by atoms with Gasteiger partial charge in [-0.2, -0.15) is 0 Å². The average molecular weight is 238 g/mol. The van der Waals surface area contributed by atoms with E-state index in [0.717, 1.165) is 17.7 Å². The molecule has 1 aromatic rings. The van der Waals surface area contributed by atoms with Gasteiger partial charge in [-0.05, 0) is 24.6 Å². The van der Waals surface area contributed by atoms with Crippen LogP contribution < -0.4 is 0 Å². The van der Waals surface area contributed by atoms with Gasteiger partial charge in [0.05, 0.1) is 15.8 Å². The van der Waals surface area contributed by atoms with Crippen molar-refractivity contribution in [3.63, 3.8) is 0 Å². The summed E-state index contributed by atoms with van der Waals surface area (Å²) < 4.78 is 0. The molecule has 0 saturated heterocycles. The third-order valence-electron chi connectivity index (χ3n) is 2.09. The van der Waals surface area contributed by atoms with E-state index in [1.54, 1.807) is 6.20 Å². The topological polar surface area (TPSA) is 12.4 Å². The van der Waals surface area contributed by atoms with Gasteiger partial charge in [-0.3, -0.25) is 4.99 Å². The summed E-state index contributed by atoms with van der Waals surface area (Å²) in [6.45, 7) is 0. The van der Waals surface area contributed by atoms with Gasteiger partial charge in [0.2, 0.25) is 0 Å². The lowest BCUT2D eigenvalue weighted by molar-refractivity contribution is 1.38. The van der Waals surface area contributed by atoms with E-state index in [2.05, 4.69) is 4.99 Å². The monoisotopic (exact) mass is 237 g/mol. The van der Waals surface area contributed by atoms with Crippen LogP contribution in [0, 0.1) is 0 Å². The van der Waals surface area contributed by atoms with Crippen LogP contribution in [0.1, 0.15) is 12.0 Å². The van der Waals surface area contributed by atoms with Gasteiger partial charge in [0.1, 0.15) is 0 Å². The van der Waals surface area contributed by atoms with E-state index in [4.69, 9.17) is 23.2 Å². The van der Waals surface area contributed by atoms with Crippen LogP contribution in [0.25, 0.3) is 0 Å². The lowest BCUT2D eigenvalue weighted by Crippen LogP contribution is -1.98. The molecule has 1 aromatic carbocycles. The maximum absolute atomic E-state index is 6.09. The molecular weight excluding hydrogens is 229 g/mol. The number of allylic oxidation sites excluding steroid dienone is 3. The van der Waals surface area contributed by atoms with Gasteiger partial charge in [0, 0.05) is 11.8 Å². The van der Waals surface area contributed by atoms with Gasteiger partial charge in [0.15, 0.2) is 0 Å². The molecular formula is C12H9Cl2N. The van der Waals surface area contributed by atoms with Crippen LogP contribution in [-0.4, -0.2) is 5.71 Å². The predicted molar refractivity (Wildman–Crippen MR) is 65.9 cm³/mol. The van der Waals surface area contributed by atoms with Crippen molar-refractivity contribution >= 4 is 28.9 Å². The molecule has 1 heterocycles. The Morgan fingerprint density at radius 3 is 2.53 bits per heavy atom. The van der Waals surface area contributed by atoms with Gasteiger partial charge in [-0.15, -0.1) is 0 Å². The zero-order chi connectivity index (χ0) is 10.7. The highest BCUT2D eigenvalue weighted by atomic mass is 35.5. The highest BCUT2D eigenvalue weighted by Gasteiger charge is 2.09. The molecule has 2 rings (SSSR count). The molecule has 0 saturated carbocycles. The fourth-order valence-electron chi connectivity index (χ4n) is 1.39. The zero-order valence-electron chi connectivity index (χ0n) is 7.95. The van der Waals surface area contributed by atoms with Crippen LogP contribution in [0.4, 0.5) is 0 Å². The highest BCUT2D eigenvalue weighted by molar-refractivity contribution is 6.41. The van der Waals surface area contributed by atoms with Gasteiger partial charge in [-0.25, -0.2) is 0 Å². The van der Waals surface area contributed by atoms with Crippen LogP contribution in [0.3, 0.4) is 0 Å². The number of benzene rings is 1. The number of nitrogens with zero attached hydrogens (tertiary/aromatic N) is 1. The lowest BCUT2D eigenvalue weighted by atomic mass is 10.1. The van der Waals surface area contributed by atoms with Gasteiger partial charge >= 0.3 is 0 Å². The molecule has 1 nitrogen and oxygen atoms in total.